The molecule has 11 aromatic carbocycles. The standard InChI is InChI=1S/C38H25N.C20H13Br/c1-3-13-26(14-4-1)37-30-18-7-9-20-32(30)38(33-21-10-8-19-31(33)37)27-23-24-36-34(25-27)29-17-11-12-22-35(29)39(36)28-15-5-2-6-16-28;21-20-17-12-6-4-10-15(17)19(14-8-2-1-3-9-14)16-11-5-7-13-18(16)20/h1-25H;1-13H. The molecule has 0 aliphatic rings. The number of benzene rings is 11. The van der Waals surface area contributed by atoms with Gasteiger partial charge in [0.25, 0.3) is 0 Å². The van der Waals surface area contributed by atoms with Gasteiger partial charge < -0.3 is 4.57 Å². The smallest absolute Gasteiger partial charge is 0.0541 e. The molecule has 0 saturated heterocycles. The summed E-state index contributed by atoms with van der Waals surface area (Å²) in [5, 5.41) is 12.8. The molecule has 12 aromatic rings. The van der Waals surface area contributed by atoms with Gasteiger partial charge in [-0.25, -0.2) is 0 Å². The van der Waals surface area contributed by atoms with E-state index in [1.807, 2.05) is 0 Å². The SMILES string of the molecule is Brc1c2ccccc2c(-c2ccccc2)c2ccccc12.c1ccc(-c2c3ccccc3c(-c3ccc4c(c3)c3ccccc3n4-c3ccccc3)c3ccccc23)cc1. The lowest BCUT2D eigenvalue weighted by atomic mass is 9.86. The molecule has 0 radical (unpaired) electrons. The van der Waals surface area contributed by atoms with Gasteiger partial charge in [0.15, 0.2) is 0 Å². The Morgan fingerprint density at radius 1 is 0.250 bits per heavy atom. The third-order valence-corrected chi connectivity index (χ3v) is 12.8. The molecule has 1 heterocycles. The first-order valence-corrected chi connectivity index (χ1v) is 21.3. The lowest BCUT2D eigenvalue weighted by molar-refractivity contribution is 1.18. The van der Waals surface area contributed by atoms with E-state index >= 15 is 0 Å². The number of fused-ring (bicyclic) bond motifs is 7. The van der Waals surface area contributed by atoms with Gasteiger partial charge in [-0.2, -0.15) is 0 Å². The number of aromatic nitrogens is 1. The Hall–Kier alpha value is -7.26. The van der Waals surface area contributed by atoms with Crippen LogP contribution in [0.5, 0.6) is 0 Å². The van der Waals surface area contributed by atoms with Crippen LogP contribution in [0.3, 0.4) is 0 Å². The highest BCUT2D eigenvalue weighted by Gasteiger charge is 2.19. The Morgan fingerprint density at radius 3 is 1.05 bits per heavy atom. The fourth-order valence-electron chi connectivity index (χ4n) is 9.33. The van der Waals surface area contributed by atoms with Gasteiger partial charge in [-0.15, -0.1) is 0 Å². The Balaban J connectivity index is 0.000000164. The van der Waals surface area contributed by atoms with Crippen molar-refractivity contribution in [3.05, 3.63) is 235 Å². The summed E-state index contributed by atoms with van der Waals surface area (Å²) in [6.45, 7) is 0. The van der Waals surface area contributed by atoms with E-state index in [1.165, 1.54) is 108 Å². The lowest BCUT2D eigenvalue weighted by Gasteiger charge is -2.18. The maximum atomic E-state index is 3.79. The third-order valence-electron chi connectivity index (χ3n) is 11.9. The average molecular weight is 829 g/mol. The van der Waals surface area contributed by atoms with Crippen molar-refractivity contribution in [3.63, 3.8) is 0 Å². The van der Waals surface area contributed by atoms with E-state index in [4.69, 9.17) is 0 Å². The van der Waals surface area contributed by atoms with Crippen LogP contribution in [0.15, 0.2) is 235 Å². The van der Waals surface area contributed by atoms with Gasteiger partial charge in [0.05, 0.1) is 11.0 Å². The minimum Gasteiger partial charge on any atom is -0.309 e. The van der Waals surface area contributed by atoms with E-state index < -0.39 is 0 Å². The van der Waals surface area contributed by atoms with Gasteiger partial charge in [-0.05, 0) is 123 Å². The van der Waals surface area contributed by atoms with Gasteiger partial charge >= 0.3 is 0 Å². The summed E-state index contributed by atoms with van der Waals surface area (Å²) in [7, 11) is 0. The molecular formula is C58H38BrN. The van der Waals surface area contributed by atoms with E-state index in [0.717, 1.165) is 0 Å². The summed E-state index contributed by atoms with van der Waals surface area (Å²) in [6.07, 6.45) is 0. The zero-order valence-electron chi connectivity index (χ0n) is 32.8. The summed E-state index contributed by atoms with van der Waals surface area (Å²) in [5.74, 6) is 0. The Kier molecular flexibility index (Phi) is 9.06. The molecule has 0 aliphatic carbocycles. The fourth-order valence-corrected chi connectivity index (χ4v) is 10.0. The Labute approximate surface area is 357 Å². The first-order valence-electron chi connectivity index (χ1n) is 20.5. The van der Waals surface area contributed by atoms with Gasteiger partial charge in [0.2, 0.25) is 0 Å². The average Bonchev–Trinajstić information content (AvgIpc) is 3.65. The second-order valence-electron chi connectivity index (χ2n) is 15.3. The molecule has 0 fully saturated rings. The molecule has 0 bridgehead atoms. The lowest BCUT2D eigenvalue weighted by Crippen LogP contribution is -1.93. The maximum Gasteiger partial charge on any atom is 0.0541 e. The molecule has 0 spiro atoms. The van der Waals surface area contributed by atoms with Crippen LogP contribution in [-0.4, -0.2) is 4.57 Å². The zero-order valence-corrected chi connectivity index (χ0v) is 34.4. The summed E-state index contributed by atoms with van der Waals surface area (Å²) in [6, 6.07) is 82.7. The van der Waals surface area contributed by atoms with Crippen molar-refractivity contribution in [2.45, 2.75) is 0 Å². The van der Waals surface area contributed by atoms with Crippen LogP contribution in [-0.2, 0) is 0 Å². The molecule has 0 amide bonds. The van der Waals surface area contributed by atoms with Crippen LogP contribution < -0.4 is 0 Å². The molecule has 0 N–H and O–H groups in total. The largest absolute Gasteiger partial charge is 0.309 e. The van der Waals surface area contributed by atoms with Crippen LogP contribution in [0.25, 0.3) is 104 Å². The van der Waals surface area contributed by atoms with Crippen LogP contribution in [0.1, 0.15) is 0 Å². The summed E-state index contributed by atoms with van der Waals surface area (Å²) in [5.41, 5.74) is 11.3. The topological polar surface area (TPSA) is 4.93 Å². The van der Waals surface area contributed by atoms with Crippen molar-refractivity contribution < 1.29 is 0 Å². The van der Waals surface area contributed by atoms with Crippen LogP contribution in [0.2, 0.25) is 0 Å². The normalized spacial score (nSPS) is 11.4. The van der Waals surface area contributed by atoms with E-state index in [9.17, 15) is 0 Å². The maximum absolute atomic E-state index is 3.79. The highest BCUT2D eigenvalue weighted by Crippen LogP contribution is 2.45. The number of halogens is 1. The molecule has 12 rings (SSSR count). The number of hydrogen-bond acceptors (Lipinski definition) is 0. The Morgan fingerprint density at radius 2 is 0.583 bits per heavy atom. The van der Waals surface area contributed by atoms with E-state index in [0.29, 0.717) is 0 Å². The van der Waals surface area contributed by atoms with Gasteiger partial charge in [0.1, 0.15) is 0 Å². The van der Waals surface area contributed by atoms with Crippen molar-refractivity contribution in [1.29, 1.82) is 0 Å². The molecule has 0 unspecified atom stereocenters. The minimum atomic E-state index is 1.17. The van der Waals surface area contributed by atoms with Crippen molar-refractivity contribution in [2.24, 2.45) is 0 Å². The molecule has 282 valence electrons. The molecule has 0 aliphatic heterocycles. The van der Waals surface area contributed by atoms with Crippen LogP contribution >= 0.6 is 15.9 Å². The predicted octanol–water partition coefficient (Wildman–Crippen LogP) is 16.8. The number of nitrogens with zero attached hydrogens (tertiary/aromatic N) is 1. The molecule has 0 saturated carbocycles. The second kappa shape index (κ2) is 15.2. The molecule has 2 heteroatoms. The molecule has 1 aromatic heterocycles. The quantitative estimate of drug-likeness (QED) is 0.156. The molecule has 60 heavy (non-hydrogen) atoms. The number of hydrogen-bond donors (Lipinski definition) is 0. The monoisotopic (exact) mass is 827 g/mol. The summed E-state index contributed by atoms with van der Waals surface area (Å²) >= 11 is 3.79. The van der Waals surface area contributed by atoms with E-state index in [2.05, 4.69) is 251 Å². The Bertz CT molecular complexity index is 3420. The number of para-hydroxylation sites is 2. The van der Waals surface area contributed by atoms with Crippen LogP contribution in [0, 0.1) is 0 Å². The summed E-state index contributed by atoms with van der Waals surface area (Å²) in [4.78, 5) is 0. The van der Waals surface area contributed by atoms with Crippen molar-refractivity contribution >= 4 is 80.8 Å². The minimum absolute atomic E-state index is 1.17. The van der Waals surface area contributed by atoms with Gasteiger partial charge in [-0.3, -0.25) is 0 Å². The third kappa shape index (κ3) is 5.99. The zero-order chi connectivity index (χ0) is 40.0. The second-order valence-corrected chi connectivity index (χ2v) is 16.1. The molecule has 0 atom stereocenters. The molecular weight excluding hydrogens is 791 g/mol. The van der Waals surface area contributed by atoms with Crippen molar-refractivity contribution in [2.75, 3.05) is 0 Å². The van der Waals surface area contributed by atoms with E-state index in [-0.39, 0.29) is 0 Å². The van der Waals surface area contributed by atoms with E-state index in [1.54, 1.807) is 0 Å². The van der Waals surface area contributed by atoms with Crippen molar-refractivity contribution in [3.8, 4) is 39.1 Å². The van der Waals surface area contributed by atoms with Gasteiger partial charge in [-0.1, -0.05) is 200 Å². The first kappa shape index (κ1) is 35.9. The fraction of sp³-hybridized carbons (Fsp3) is 0. The predicted molar refractivity (Wildman–Crippen MR) is 261 cm³/mol. The highest BCUT2D eigenvalue weighted by atomic mass is 79.9. The van der Waals surface area contributed by atoms with Crippen LogP contribution in [0.4, 0.5) is 0 Å². The molecule has 1 nitrogen and oxygen atoms in total. The number of rotatable bonds is 4. The summed E-state index contributed by atoms with van der Waals surface area (Å²) < 4.78 is 3.55. The highest BCUT2D eigenvalue weighted by molar-refractivity contribution is 9.10. The van der Waals surface area contributed by atoms with Gasteiger partial charge in [0, 0.05) is 20.9 Å². The first-order chi connectivity index (χ1) is 29.7. The van der Waals surface area contributed by atoms with Crippen molar-refractivity contribution in [1.82, 2.24) is 4.57 Å².